The van der Waals surface area contributed by atoms with Gasteiger partial charge in [0.2, 0.25) is 0 Å². The molecule has 8 heteroatoms. The Hall–Kier alpha value is -3.49. The molecular weight excluding hydrogens is 458 g/mol. The molecule has 2 aromatic carbocycles. The molecule has 4 rings (SSSR count). The maximum atomic E-state index is 13.8. The molecule has 1 atom stereocenters. The van der Waals surface area contributed by atoms with Gasteiger partial charge < -0.3 is 28.8 Å². The largest absolute Gasteiger partial charge is 0.507 e. The molecule has 2 heterocycles. The molecule has 0 aliphatic carbocycles. The number of hydrogen-bond donors (Lipinski definition) is 1. The number of ether oxygens (including phenoxy) is 3. The second-order valence-corrected chi connectivity index (χ2v) is 8.90. The summed E-state index contributed by atoms with van der Waals surface area (Å²) in [7, 11) is 4.82. The van der Waals surface area contributed by atoms with E-state index in [1.54, 1.807) is 32.0 Å². The Balaban J connectivity index is 1.79. The van der Waals surface area contributed by atoms with Crippen molar-refractivity contribution >= 4 is 5.69 Å². The first kappa shape index (κ1) is 25.6. The Morgan fingerprint density at radius 3 is 2.31 bits per heavy atom. The summed E-state index contributed by atoms with van der Waals surface area (Å²) >= 11 is 0. The van der Waals surface area contributed by atoms with Crippen LogP contribution in [0.2, 0.25) is 0 Å². The Morgan fingerprint density at radius 1 is 0.944 bits per heavy atom. The number of aryl methyl sites for hydroxylation is 1. The number of nitrogens with zero attached hydrogens (tertiary/aromatic N) is 3. The summed E-state index contributed by atoms with van der Waals surface area (Å²) in [4.78, 5) is 18.4. The first-order valence-electron chi connectivity index (χ1n) is 12.2. The first-order chi connectivity index (χ1) is 17.5. The van der Waals surface area contributed by atoms with Gasteiger partial charge in [-0.05, 0) is 37.3 Å². The van der Waals surface area contributed by atoms with Crippen LogP contribution in [0.15, 0.2) is 59.4 Å². The quantitative estimate of drug-likeness (QED) is 0.489. The average molecular weight is 494 g/mol. The number of methoxy groups -OCH3 is 3. The summed E-state index contributed by atoms with van der Waals surface area (Å²) < 4.78 is 18.0. The lowest BCUT2D eigenvalue weighted by atomic mass is 9.94. The molecule has 3 aromatic rings. The molecule has 0 spiro atoms. The molecule has 0 bridgehead atoms. The monoisotopic (exact) mass is 493 g/mol. The minimum atomic E-state index is -0.495. The number of para-hydroxylation sites is 1. The molecule has 0 radical (unpaired) electrons. The smallest absolute Gasteiger partial charge is 0.259 e. The van der Waals surface area contributed by atoms with Gasteiger partial charge in [0.1, 0.15) is 17.2 Å². The number of anilines is 1. The van der Waals surface area contributed by atoms with Gasteiger partial charge in [-0.15, -0.1) is 0 Å². The van der Waals surface area contributed by atoms with Crippen LogP contribution >= 0.6 is 0 Å². The molecule has 1 aliphatic heterocycles. The van der Waals surface area contributed by atoms with Crippen molar-refractivity contribution in [2.75, 3.05) is 59.0 Å². The van der Waals surface area contributed by atoms with Crippen molar-refractivity contribution in [1.29, 1.82) is 0 Å². The van der Waals surface area contributed by atoms with E-state index in [9.17, 15) is 9.90 Å². The van der Waals surface area contributed by atoms with Crippen molar-refractivity contribution in [2.45, 2.75) is 19.5 Å². The van der Waals surface area contributed by atoms with Gasteiger partial charge >= 0.3 is 0 Å². The molecule has 1 aromatic heterocycles. The van der Waals surface area contributed by atoms with E-state index < -0.39 is 6.04 Å². The fourth-order valence-electron chi connectivity index (χ4n) is 4.94. The maximum absolute atomic E-state index is 13.8. The van der Waals surface area contributed by atoms with E-state index in [1.165, 1.54) is 5.69 Å². The third-order valence-corrected chi connectivity index (χ3v) is 6.85. The summed E-state index contributed by atoms with van der Waals surface area (Å²) in [5.74, 6) is 1.25. The topological polar surface area (TPSA) is 76.4 Å². The molecule has 192 valence electrons. The zero-order valence-corrected chi connectivity index (χ0v) is 21.4. The van der Waals surface area contributed by atoms with Crippen molar-refractivity contribution in [2.24, 2.45) is 0 Å². The molecule has 0 saturated carbocycles. The number of aromatic nitrogens is 1. The number of pyridine rings is 1. The predicted octanol–water partition coefficient (Wildman–Crippen LogP) is 3.44. The Morgan fingerprint density at radius 2 is 1.67 bits per heavy atom. The van der Waals surface area contributed by atoms with Crippen molar-refractivity contribution in [3.05, 3.63) is 81.8 Å². The highest BCUT2D eigenvalue weighted by atomic mass is 16.5. The lowest BCUT2D eigenvalue weighted by Crippen LogP contribution is -2.49. The first-order valence-corrected chi connectivity index (χ1v) is 12.2. The van der Waals surface area contributed by atoms with E-state index in [4.69, 9.17) is 14.2 Å². The van der Waals surface area contributed by atoms with E-state index in [0.717, 1.165) is 18.7 Å². The van der Waals surface area contributed by atoms with Gasteiger partial charge in [0.05, 0.1) is 32.4 Å². The minimum absolute atomic E-state index is 0.0143. The molecular formula is C28H35N3O5. The van der Waals surface area contributed by atoms with Gasteiger partial charge in [-0.3, -0.25) is 9.69 Å². The van der Waals surface area contributed by atoms with Crippen LogP contribution in [-0.2, 0) is 11.3 Å². The lowest BCUT2D eigenvalue weighted by molar-refractivity contribution is 0.183. The standard InChI is InChI=1S/C28H35N3O5/c1-20-18-24(32)26(28(33)31(20)16-17-34-2)27(23-11-10-22(35-3)19-25(23)36-4)30-14-12-29(13-15-30)21-8-6-5-7-9-21/h5-11,18-19,27,32H,12-17H2,1-4H3/t27-/m0/s1. The highest BCUT2D eigenvalue weighted by Crippen LogP contribution is 2.39. The molecule has 8 nitrogen and oxygen atoms in total. The summed E-state index contributed by atoms with van der Waals surface area (Å²) in [6.07, 6.45) is 0. The van der Waals surface area contributed by atoms with Crippen LogP contribution in [0.1, 0.15) is 22.9 Å². The van der Waals surface area contributed by atoms with Gasteiger partial charge in [-0.1, -0.05) is 18.2 Å². The highest BCUT2D eigenvalue weighted by Gasteiger charge is 2.33. The van der Waals surface area contributed by atoms with Gasteiger partial charge in [-0.2, -0.15) is 0 Å². The van der Waals surface area contributed by atoms with Gasteiger partial charge in [0, 0.05) is 62.8 Å². The van der Waals surface area contributed by atoms with Crippen LogP contribution in [0.4, 0.5) is 5.69 Å². The van der Waals surface area contributed by atoms with Crippen LogP contribution in [-0.4, -0.2) is 68.7 Å². The van der Waals surface area contributed by atoms with E-state index >= 15 is 0 Å². The fraction of sp³-hybridized carbons (Fsp3) is 0.393. The molecule has 1 saturated heterocycles. The third-order valence-electron chi connectivity index (χ3n) is 6.85. The van der Waals surface area contributed by atoms with E-state index in [1.807, 2.05) is 43.3 Å². The second kappa shape index (κ2) is 11.5. The molecule has 1 aliphatic rings. The average Bonchev–Trinajstić information content (AvgIpc) is 2.91. The van der Waals surface area contributed by atoms with Crippen LogP contribution in [0.5, 0.6) is 17.2 Å². The van der Waals surface area contributed by atoms with Gasteiger partial charge in [0.25, 0.3) is 5.56 Å². The van der Waals surface area contributed by atoms with E-state index in [-0.39, 0.29) is 11.3 Å². The van der Waals surface area contributed by atoms with Crippen LogP contribution < -0.4 is 19.9 Å². The van der Waals surface area contributed by atoms with Crippen LogP contribution in [0.3, 0.4) is 0 Å². The van der Waals surface area contributed by atoms with Gasteiger partial charge in [-0.25, -0.2) is 0 Å². The van der Waals surface area contributed by atoms with E-state index in [0.29, 0.717) is 49.0 Å². The summed E-state index contributed by atoms with van der Waals surface area (Å²) in [5.41, 5.74) is 2.79. The number of piperazine rings is 1. The van der Waals surface area contributed by atoms with Gasteiger partial charge in [0.15, 0.2) is 0 Å². The Kier molecular flexibility index (Phi) is 8.18. The number of rotatable bonds is 9. The zero-order chi connectivity index (χ0) is 25.7. The summed E-state index contributed by atoms with van der Waals surface area (Å²) in [6.45, 7) is 5.63. The molecule has 1 N–H and O–H groups in total. The van der Waals surface area contributed by atoms with Crippen molar-refractivity contribution in [3.8, 4) is 17.2 Å². The highest BCUT2D eigenvalue weighted by molar-refractivity contribution is 5.50. The number of aromatic hydroxyl groups is 1. The molecule has 0 amide bonds. The summed E-state index contributed by atoms with van der Waals surface area (Å²) in [6, 6.07) is 17.1. The van der Waals surface area contributed by atoms with Crippen molar-refractivity contribution in [1.82, 2.24) is 9.47 Å². The molecule has 36 heavy (non-hydrogen) atoms. The van der Waals surface area contributed by atoms with Crippen molar-refractivity contribution < 1.29 is 19.3 Å². The maximum Gasteiger partial charge on any atom is 0.259 e. The molecule has 0 unspecified atom stereocenters. The predicted molar refractivity (Wildman–Crippen MR) is 141 cm³/mol. The SMILES string of the molecule is COCCn1c(C)cc(O)c([C@H](c2ccc(OC)cc2OC)N2CCN(c3ccccc3)CC2)c1=O. The zero-order valence-electron chi connectivity index (χ0n) is 21.4. The third kappa shape index (κ3) is 5.20. The van der Waals surface area contributed by atoms with Crippen LogP contribution in [0.25, 0.3) is 0 Å². The van der Waals surface area contributed by atoms with E-state index in [2.05, 4.69) is 21.9 Å². The van der Waals surface area contributed by atoms with Crippen molar-refractivity contribution in [3.63, 3.8) is 0 Å². The second-order valence-electron chi connectivity index (χ2n) is 8.90. The molecule has 1 fully saturated rings. The Bertz CT molecular complexity index is 1220. The normalized spacial score (nSPS) is 15.1. The lowest BCUT2D eigenvalue weighted by Gasteiger charge is -2.41. The number of benzene rings is 2. The minimum Gasteiger partial charge on any atom is -0.507 e. The number of hydrogen-bond acceptors (Lipinski definition) is 7. The Labute approximate surface area is 212 Å². The van der Waals surface area contributed by atoms with Crippen LogP contribution in [0, 0.1) is 6.92 Å². The fourth-order valence-corrected chi connectivity index (χ4v) is 4.94. The summed E-state index contributed by atoms with van der Waals surface area (Å²) in [5, 5.41) is 11.1.